The third-order valence-electron chi connectivity index (χ3n) is 2.68. The van der Waals surface area contributed by atoms with Crippen molar-refractivity contribution in [2.45, 2.75) is 13.8 Å². The number of hydrogen-bond acceptors (Lipinski definition) is 4. The first-order valence-electron chi connectivity index (χ1n) is 6.45. The molecule has 0 aliphatic rings. The van der Waals surface area contributed by atoms with E-state index in [1.54, 1.807) is 30.1 Å². The molecule has 106 valence electrons. The minimum Gasteiger partial charge on any atom is -0.492 e. The Bertz CT molecular complexity index is 421. The molecule has 0 fully saturated rings. The third kappa shape index (κ3) is 4.44. The molecular weight excluding hydrogens is 244 g/mol. The molecule has 2 N–H and O–H groups in total. The molecule has 0 radical (unpaired) electrons. The summed E-state index contributed by atoms with van der Waals surface area (Å²) in [5, 5.41) is 0. The molecule has 0 atom stereocenters. The Morgan fingerprint density at radius 1 is 1.32 bits per heavy atom. The highest BCUT2D eigenvalue weighted by Gasteiger charge is 2.13. The van der Waals surface area contributed by atoms with Crippen molar-refractivity contribution in [3.05, 3.63) is 23.8 Å². The number of nitrogens with zero attached hydrogens (tertiary/aromatic N) is 1. The number of anilines is 1. The molecule has 0 bridgehead atoms. The highest BCUT2D eigenvalue weighted by Crippen LogP contribution is 2.23. The first-order valence-corrected chi connectivity index (χ1v) is 6.45. The van der Waals surface area contributed by atoms with Crippen LogP contribution in [-0.2, 0) is 4.74 Å². The second kappa shape index (κ2) is 7.63. The smallest absolute Gasteiger partial charge is 0.253 e. The van der Waals surface area contributed by atoms with E-state index in [1.807, 2.05) is 13.8 Å². The molecule has 1 amide bonds. The Morgan fingerprint density at radius 2 is 2.05 bits per heavy atom. The number of nitrogen functional groups attached to an aromatic ring is 1. The number of benzene rings is 1. The molecular formula is C14H22N2O3. The molecule has 5 nitrogen and oxygen atoms in total. The van der Waals surface area contributed by atoms with Gasteiger partial charge in [0.05, 0.1) is 18.9 Å². The van der Waals surface area contributed by atoms with Gasteiger partial charge < -0.3 is 20.1 Å². The molecule has 0 aliphatic heterocycles. The monoisotopic (exact) mass is 266 g/mol. The number of ether oxygens (including phenoxy) is 2. The van der Waals surface area contributed by atoms with Gasteiger partial charge in [0.15, 0.2) is 0 Å². The van der Waals surface area contributed by atoms with Crippen molar-refractivity contribution in [2.75, 3.05) is 39.1 Å². The van der Waals surface area contributed by atoms with Crippen LogP contribution < -0.4 is 10.5 Å². The van der Waals surface area contributed by atoms with Crippen LogP contribution in [0.5, 0.6) is 5.75 Å². The molecule has 19 heavy (non-hydrogen) atoms. The van der Waals surface area contributed by atoms with Crippen LogP contribution in [0.15, 0.2) is 18.2 Å². The van der Waals surface area contributed by atoms with E-state index in [9.17, 15) is 4.79 Å². The summed E-state index contributed by atoms with van der Waals surface area (Å²) in [4.78, 5) is 13.8. The lowest BCUT2D eigenvalue weighted by Crippen LogP contribution is -2.30. The minimum atomic E-state index is -0.0746. The molecule has 1 aromatic rings. The van der Waals surface area contributed by atoms with Crippen molar-refractivity contribution in [1.29, 1.82) is 0 Å². The third-order valence-corrected chi connectivity index (χ3v) is 2.68. The number of nitrogens with two attached hydrogens (primary N) is 1. The van der Waals surface area contributed by atoms with Gasteiger partial charge in [-0.2, -0.15) is 0 Å². The Kier molecular flexibility index (Phi) is 6.15. The fourth-order valence-electron chi connectivity index (χ4n) is 1.64. The lowest BCUT2D eigenvalue weighted by atomic mass is 10.1. The number of carbonyl (C=O) groups excluding carboxylic acids is 1. The molecule has 0 unspecified atom stereocenters. The number of rotatable bonds is 7. The van der Waals surface area contributed by atoms with Crippen molar-refractivity contribution in [3.8, 4) is 5.75 Å². The largest absolute Gasteiger partial charge is 0.492 e. The van der Waals surface area contributed by atoms with E-state index in [2.05, 4.69) is 0 Å². The predicted molar refractivity (Wildman–Crippen MR) is 75.5 cm³/mol. The maximum absolute atomic E-state index is 12.1. The maximum atomic E-state index is 12.1. The summed E-state index contributed by atoms with van der Waals surface area (Å²) in [6.45, 7) is 6.10. The van der Waals surface area contributed by atoms with Gasteiger partial charge in [-0.05, 0) is 32.0 Å². The summed E-state index contributed by atoms with van der Waals surface area (Å²) in [6.07, 6.45) is 0. The highest BCUT2D eigenvalue weighted by atomic mass is 16.5. The van der Waals surface area contributed by atoms with Crippen molar-refractivity contribution in [2.24, 2.45) is 0 Å². The van der Waals surface area contributed by atoms with Crippen LogP contribution in [0.3, 0.4) is 0 Å². The Labute approximate surface area is 114 Å². The first kappa shape index (κ1) is 15.3. The fraction of sp³-hybridized carbons (Fsp3) is 0.500. The molecule has 1 rings (SSSR count). The second-order valence-electron chi connectivity index (χ2n) is 4.11. The van der Waals surface area contributed by atoms with Crippen LogP contribution in [0.1, 0.15) is 24.2 Å². The quantitative estimate of drug-likeness (QED) is 0.603. The fourth-order valence-corrected chi connectivity index (χ4v) is 1.64. The zero-order chi connectivity index (χ0) is 14.3. The Balaban J connectivity index is 2.68. The summed E-state index contributed by atoms with van der Waals surface area (Å²) < 4.78 is 10.6. The predicted octanol–water partition coefficient (Wildman–Crippen LogP) is 1.78. The van der Waals surface area contributed by atoms with Crippen LogP contribution >= 0.6 is 0 Å². The molecule has 0 saturated heterocycles. The van der Waals surface area contributed by atoms with Crippen LogP contribution in [0.4, 0.5) is 5.69 Å². The highest BCUT2D eigenvalue weighted by molar-refractivity contribution is 5.95. The van der Waals surface area contributed by atoms with Gasteiger partial charge in [0.2, 0.25) is 0 Å². The van der Waals surface area contributed by atoms with E-state index in [0.717, 1.165) is 0 Å². The van der Waals surface area contributed by atoms with Gasteiger partial charge in [0.25, 0.3) is 5.91 Å². The minimum absolute atomic E-state index is 0.0746. The molecule has 5 heteroatoms. The maximum Gasteiger partial charge on any atom is 0.253 e. The molecule has 1 aromatic carbocycles. The van der Waals surface area contributed by atoms with Crippen LogP contribution in [0, 0.1) is 0 Å². The summed E-state index contributed by atoms with van der Waals surface area (Å²) in [5.41, 5.74) is 6.88. The van der Waals surface area contributed by atoms with Crippen LogP contribution in [-0.4, -0.2) is 44.2 Å². The number of hydrogen-bond donors (Lipinski definition) is 1. The van der Waals surface area contributed by atoms with Gasteiger partial charge in [-0.25, -0.2) is 0 Å². The van der Waals surface area contributed by atoms with Gasteiger partial charge in [0, 0.05) is 25.8 Å². The van der Waals surface area contributed by atoms with Crippen molar-refractivity contribution >= 4 is 11.6 Å². The molecule has 0 aliphatic carbocycles. The Morgan fingerprint density at radius 3 is 2.63 bits per heavy atom. The second-order valence-corrected chi connectivity index (χ2v) is 4.11. The van der Waals surface area contributed by atoms with Crippen LogP contribution in [0.25, 0.3) is 0 Å². The van der Waals surface area contributed by atoms with E-state index in [1.165, 1.54) is 0 Å². The summed E-state index contributed by atoms with van der Waals surface area (Å²) >= 11 is 0. The lowest BCUT2D eigenvalue weighted by molar-refractivity contribution is 0.0710. The van der Waals surface area contributed by atoms with E-state index < -0.39 is 0 Å². The zero-order valence-corrected chi connectivity index (χ0v) is 11.8. The SMILES string of the molecule is CCOCCN(C)C(=O)c1ccc(OCC)c(N)c1. The molecule has 0 spiro atoms. The van der Waals surface area contributed by atoms with Gasteiger partial charge >= 0.3 is 0 Å². The average Bonchev–Trinajstić information content (AvgIpc) is 2.40. The van der Waals surface area contributed by atoms with Gasteiger partial charge in [-0.3, -0.25) is 4.79 Å². The summed E-state index contributed by atoms with van der Waals surface area (Å²) in [5.74, 6) is 0.533. The standard InChI is InChI=1S/C14H22N2O3/c1-4-18-9-8-16(3)14(17)11-6-7-13(19-5-2)12(15)10-11/h6-7,10H,4-5,8-9,15H2,1-3H3. The average molecular weight is 266 g/mol. The lowest BCUT2D eigenvalue weighted by Gasteiger charge is -2.17. The van der Waals surface area contributed by atoms with Crippen molar-refractivity contribution in [1.82, 2.24) is 4.90 Å². The summed E-state index contributed by atoms with van der Waals surface area (Å²) in [6, 6.07) is 5.09. The topological polar surface area (TPSA) is 64.8 Å². The first-order chi connectivity index (χ1) is 9.10. The Hall–Kier alpha value is -1.75. The van der Waals surface area contributed by atoms with Gasteiger partial charge in [-0.15, -0.1) is 0 Å². The molecule has 0 aromatic heterocycles. The number of amides is 1. The van der Waals surface area contributed by atoms with E-state index in [4.69, 9.17) is 15.2 Å². The molecule has 0 saturated carbocycles. The van der Waals surface area contributed by atoms with Gasteiger partial charge in [0.1, 0.15) is 5.75 Å². The van der Waals surface area contributed by atoms with Crippen LogP contribution in [0.2, 0.25) is 0 Å². The normalized spacial score (nSPS) is 10.3. The number of likely N-dealkylation sites (N-methyl/N-ethyl adjacent to an activating group) is 1. The zero-order valence-electron chi connectivity index (χ0n) is 11.8. The number of carbonyl (C=O) groups is 1. The molecule has 0 heterocycles. The van der Waals surface area contributed by atoms with Crippen molar-refractivity contribution in [3.63, 3.8) is 0 Å². The van der Waals surface area contributed by atoms with Gasteiger partial charge in [-0.1, -0.05) is 0 Å². The van der Waals surface area contributed by atoms with Crippen molar-refractivity contribution < 1.29 is 14.3 Å². The van der Waals surface area contributed by atoms with E-state index in [0.29, 0.717) is 43.4 Å². The van der Waals surface area contributed by atoms with E-state index in [-0.39, 0.29) is 5.91 Å². The summed E-state index contributed by atoms with van der Waals surface area (Å²) in [7, 11) is 1.74. The van der Waals surface area contributed by atoms with E-state index >= 15 is 0 Å².